The highest BCUT2D eigenvalue weighted by molar-refractivity contribution is 5.96. The smallest absolute Gasteiger partial charge is 0.316 e. The highest BCUT2D eigenvalue weighted by Crippen LogP contribution is 2.10. The van der Waals surface area contributed by atoms with E-state index in [0.29, 0.717) is 29.8 Å². The van der Waals surface area contributed by atoms with Crippen LogP contribution in [0.1, 0.15) is 15.9 Å². The van der Waals surface area contributed by atoms with Crippen molar-refractivity contribution in [2.45, 2.75) is 6.42 Å². The minimum absolute atomic E-state index is 0.288. The van der Waals surface area contributed by atoms with Crippen molar-refractivity contribution in [1.82, 2.24) is 5.32 Å². The van der Waals surface area contributed by atoms with Crippen LogP contribution in [-0.4, -0.2) is 18.5 Å². The first kappa shape index (κ1) is 15.5. The van der Waals surface area contributed by atoms with Crippen LogP contribution < -0.4 is 16.4 Å². The van der Waals surface area contributed by atoms with E-state index in [2.05, 4.69) is 10.6 Å². The number of nitrogens with two attached hydrogens (primary N) is 1. The number of rotatable bonds is 5. The van der Waals surface area contributed by atoms with E-state index >= 15 is 0 Å². The lowest BCUT2D eigenvalue weighted by Crippen LogP contribution is -2.26. The number of primary amides is 1. The third-order valence-corrected chi connectivity index (χ3v) is 3.03. The molecule has 0 aliphatic heterocycles. The number of hydrogen-bond acceptors (Lipinski definition) is 2. The Balaban J connectivity index is 1.92. The van der Waals surface area contributed by atoms with Crippen molar-refractivity contribution in [3.05, 3.63) is 65.5 Å². The van der Waals surface area contributed by atoms with Crippen molar-refractivity contribution in [2.24, 2.45) is 5.73 Å². The Kier molecular flexibility index (Phi) is 5.08. The molecule has 5 nitrogen and oxygen atoms in total. The summed E-state index contributed by atoms with van der Waals surface area (Å²) in [5, 5.41) is 5.10. The summed E-state index contributed by atoms with van der Waals surface area (Å²) in [4.78, 5) is 22.8. The number of urea groups is 1. The predicted molar refractivity (Wildman–Crippen MR) is 82.1 cm³/mol. The normalized spacial score (nSPS) is 10.0. The largest absolute Gasteiger partial charge is 0.352 e. The zero-order valence-corrected chi connectivity index (χ0v) is 11.8. The van der Waals surface area contributed by atoms with Gasteiger partial charge in [-0.1, -0.05) is 24.3 Å². The topological polar surface area (TPSA) is 84.2 Å². The number of carbonyl (C=O) groups excluding carboxylic acids is 2. The summed E-state index contributed by atoms with van der Waals surface area (Å²) in [6.07, 6.45) is 0.400. The minimum Gasteiger partial charge on any atom is -0.352 e. The van der Waals surface area contributed by atoms with Crippen LogP contribution in [0.2, 0.25) is 0 Å². The third-order valence-electron chi connectivity index (χ3n) is 3.03. The Hall–Kier alpha value is -2.89. The van der Waals surface area contributed by atoms with E-state index in [1.165, 1.54) is 12.1 Å². The Labute approximate surface area is 127 Å². The van der Waals surface area contributed by atoms with Crippen molar-refractivity contribution in [3.63, 3.8) is 0 Å². The van der Waals surface area contributed by atoms with Crippen molar-refractivity contribution < 1.29 is 14.0 Å². The predicted octanol–water partition coefficient (Wildman–Crippen LogP) is 2.29. The lowest BCUT2D eigenvalue weighted by atomic mass is 10.1. The summed E-state index contributed by atoms with van der Waals surface area (Å²) in [5.74, 6) is -0.589. The Morgan fingerprint density at radius 3 is 2.59 bits per heavy atom. The molecule has 0 saturated heterocycles. The van der Waals surface area contributed by atoms with Crippen LogP contribution in [-0.2, 0) is 6.42 Å². The molecule has 2 rings (SSSR count). The molecule has 114 valence electrons. The molecule has 0 bridgehead atoms. The zero-order valence-electron chi connectivity index (χ0n) is 11.8. The maximum Gasteiger partial charge on any atom is 0.316 e. The van der Waals surface area contributed by atoms with E-state index in [0.717, 1.165) is 0 Å². The molecule has 0 fully saturated rings. The van der Waals surface area contributed by atoms with Crippen molar-refractivity contribution >= 4 is 17.6 Å². The fraction of sp³-hybridized carbons (Fsp3) is 0.125. The number of hydrogen-bond donors (Lipinski definition) is 3. The number of carbonyl (C=O) groups is 2. The van der Waals surface area contributed by atoms with E-state index in [1.54, 1.807) is 36.4 Å². The molecule has 3 amide bonds. The van der Waals surface area contributed by atoms with Gasteiger partial charge in [-0.05, 0) is 36.2 Å². The van der Waals surface area contributed by atoms with Crippen LogP contribution in [0.5, 0.6) is 0 Å². The zero-order chi connectivity index (χ0) is 15.9. The number of amides is 3. The van der Waals surface area contributed by atoms with Gasteiger partial charge in [-0.15, -0.1) is 0 Å². The second kappa shape index (κ2) is 7.21. The molecule has 0 aromatic heterocycles. The monoisotopic (exact) mass is 301 g/mol. The SMILES string of the molecule is NC(=O)Nc1cccc(C(=O)NCCc2ccccc2F)c1. The van der Waals surface area contributed by atoms with Crippen LogP contribution in [0.3, 0.4) is 0 Å². The van der Waals surface area contributed by atoms with E-state index < -0.39 is 6.03 Å². The summed E-state index contributed by atoms with van der Waals surface area (Å²) < 4.78 is 13.4. The lowest BCUT2D eigenvalue weighted by molar-refractivity contribution is 0.0954. The first-order valence-corrected chi connectivity index (χ1v) is 6.74. The van der Waals surface area contributed by atoms with Crippen LogP contribution in [0.15, 0.2) is 48.5 Å². The fourth-order valence-corrected chi connectivity index (χ4v) is 1.99. The molecule has 6 heteroatoms. The van der Waals surface area contributed by atoms with Gasteiger partial charge in [0.05, 0.1) is 0 Å². The molecule has 0 spiro atoms. The molecule has 2 aromatic rings. The van der Waals surface area contributed by atoms with Crippen LogP contribution in [0.25, 0.3) is 0 Å². The van der Waals surface area contributed by atoms with Gasteiger partial charge in [-0.2, -0.15) is 0 Å². The van der Waals surface area contributed by atoms with Gasteiger partial charge < -0.3 is 16.4 Å². The van der Waals surface area contributed by atoms with Crippen molar-refractivity contribution in [3.8, 4) is 0 Å². The first-order valence-electron chi connectivity index (χ1n) is 6.74. The molecule has 22 heavy (non-hydrogen) atoms. The van der Waals surface area contributed by atoms with Gasteiger partial charge in [0.2, 0.25) is 0 Å². The van der Waals surface area contributed by atoms with Gasteiger partial charge >= 0.3 is 6.03 Å². The highest BCUT2D eigenvalue weighted by atomic mass is 19.1. The average Bonchev–Trinajstić information content (AvgIpc) is 2.48. The summed E-state index contributed by atoms with van der Waals surface area (Å²) >= 11 is 0. The standard InChI is InChI=1S/C16H16FN3O2/c17-14-7-2-1-4-11(14)8-9-19-15(21)12-5-3-6-13(10-12)20-16(18)22/h1-7,10H,8-9H2,(H,19,21)(H3,18,20,22). The summed E-state index contributed by atoms with van der Waals surface area (Å²) in [5.41, 5.74) is 6.40. The fourth-order valence-electron chi connectivity index (χ4n) is 1.99. The molecule has 0 aliphatic carbocycles. The third kappa shape index (κ3) is 4.31. The molecule has 0 aliphatic rings. The number of halogens is 1. The van der Waals surface area contributed by atoms with Crippen molar-refractivity contribution in [1.29, 1.82) is 0 Å². The van der Waals surface area contributed by atoms with Gasteiger partial charge in [0, 0.05) is 17.8 Å². The first-order chi connectivity index (χ1) is 10.6. The van der Waals surface area contributed by atoms with Crippen molar-refractivity contribution in [2.75, 3.05) is 11.9 Å². The minimum atomic E-state index is -0.697. The highest BCUT2D eigenvalue weighted by Gasteiger charge is 2.07. The molecule has 2 aromatic carbocycles. The maximum absolute atomic E-state index is 13.4. The van der Waals surface area contributed by atoms with Gasteiger partial charge in [-0.25, -0.2) is 9.18 Å². The summed E-state index contributed by atoms with van der Waals surface area (Å²) in [6, 6.07) is 12.1. The molecular weight excluding hydrogens is 285 g/mol. The van der Waals surface area contributed by atoms with E-state index in [1.807, 2.05) is 0 Å². The van der Waals surface area contributed by atoms with Gasteiger partial charge in [0.25, 0.3) is 5.91 Å². The number of nitrogens with one attached hydrogen (secondary N) is 2. The molecular formula is C16H16FN3O2. The number of anilines is 1. The van der Waals surface area contributed by atoms with Crippen LogP contribution in [0.4, 0.5) is 14.9 Å². The molecule has 0 radical (unpaired) electrons. The Morgan fingerprint density at radius 1 is 1.09 bits per heavy atom. The van der Waals surface area contributed by atoms with E-state index in [-0.39, 0.29) is 11.7 Å². The Bertz CT molecular complexity index is 689. The second-order valence-electron chi connectivity index (χ2n) is 4.67. The molecule has 0 unspecified atom stereocenters. The summed E-state index contributed by atoms with van der Waals surface area (Å²) in [7, 11) is 0. The average molecular weight is 301 g/mol. The Morgan fingerprint density at radius 2 is 1.86 bits per heavy atom. The second-order valence-corrected chi connectivity index (χ2v) is 4.67. The molecule has 0 heterocycles. The molecule has 4 N–H and O–H groups in total. The van der Waals surface area contributed by atoms with Crippen LogP contribution >= 0.6 is 0 Å². The molecule has 0 saturated carbocycles. The van der Waals surface area contributed by atoms with E-state index in [9.17, 15) is 14.0 Å². The maximum atomic E-state index is 13.4. The number of benzene rings is 2. The quantitative estimate of drug-likeness (QED) is 0.791. The van der Waals surface area contributed by atoms with Gasteiger partial charge in [0.1, 0.15) is 5.82 Å². The lowest BCUT2D eigenvalue weighted by Gasteiger charge is -2.08. The van der Waals surface area contributed by atoms with Gasteiger partial charge in [-0.3, -0.25) is 4.79 Å². The van der Waals surface area contributed by atoms with Crippen LogP contribution in [0, 0.1) is 5.82 Å². The van der Waals surface area contributed by atoms with E-state index in [4.69, 9.17) is 5.73 Å². The summed E-state index contributed by atoms with van der Waals surface area (Å²) in [6.45, 7) is 0.313. The van der Waals surface area contributed by atoms with Gasteiger partial charge in [0.15, 0.2) is 0 Å². The molecule has 0 atom stereocenters.